The third-order valence-electron chi connectivity index (χ3n) is 5.35. The second-order valence-electron chi connectivity index (χ2n) is 8.11. The zero-order valence-electron chi connectivity index (χ0n) is 18.2. The quantitative estimate of drug-likeness (QED) is 0.494. The first-order valence-electron chi connectivity index (χ1n) is 10.3. The van der Waals surface area contributed by atoms with Gasteiger partial charge in [-0.25, -0.2) is 4.90 Å². The fourth-order valence-corrected chi connectivity index (χ4v) is 3.88. The van der Waals surface area contributed by atoms with E-state index >= 15 is 0 Å². The molecule has 0 aliphatic carbocycles. The first-order chi connectivity index (χ1) is 15.5. The number of alkyl halides is 3. The van der Waals surface area contributed by atoms with Crippen LogP contribution < -0.4 is 10.2 Å². The highest BCUT2D eigenvalue weighted by Gasteiger charge is 2.41. The Labute approximate surface area is 189 Å². The maximum Gasteiger partial charge on any atom is 0.416 e. The summed E-state index contributed by atoms with van der Waals surface area (Å²) in [4.78, 5) is 27.6. The summed E-state index contributed by atoms with van der Waals surface area (Å²) in [5.41, 5.74) is 3.05. The monoisotopic (exact) mass is 450 g/mol. The molecule has 0 radical (unpaired) electrons. The smallest absolute Gasteiger partial charge is 0.350 e. The van der Waals surface area contributed by atoms with Gasteiger partial charge in [0, 0.05) is 5.69 Å². The molecule has 4 rings (SSSR count). The number of rotatable bonds is 4. The van der Waals surface area contributed by atoms with Crippen LogP contribution in [-0.4, -0.2) is 11.8 Å². The Morgan fingerprint density at radius 2 is 1.39 bits per heavy atom. The fraction of sp³-hybridized carbons (Fsp3) is 0.154. The van der Waals surface area contributed by atoms with Gasteiger partial charge in [0.05, 0.1) is 16.8 Å². The molecule has 168 valence electrons. The summed E-state index contributed by atoms with van der Waals surface area (Å²) in [5.74, 6) is -1.40. The molecule has 1 aliphatic heterocycles. The van der Waals surface area contributed by atoms with Crippen LogP contribution in [0.5, 0.6) is 0 Å². The molecule has 4 nitrogen and oxygen atoms in total. The maximum atomic E-state index is 13.4. The molecule has 0 spiro atoms. The standard InChI is InChI=1S/C26H21F3N2O2/c1-15-7-9-18(10-8-15)22-23(30-20-12-16(2)11-17(3)13-20)25(33)31(24(22)32)21-6-4-5-19(14-21)26(27,28)29/h4-14,30H,1-3H3. The minimum Gasteiger partial charge on any atom is -0.350 e. The topological polar surface area (TPSA) is 49.4 Å². The van der Waals surface area contributed by atoms with Crippen molar-refractivity contribution in [1.82, 2.24) is 0 Å². The van der Waals surface area contributed by atoms with Gasteiger partial charge in [0.25, 0.3) is 11.8 Å². The Morgan fingerprint density at radius 3 is 2.00 bits per heavy atom. The molecule has 1 aliphatic rings. The molecule has 0 bridgehead atoms. The van der Waals surface area contributed by atoms with Crippen molar-refractivity contribution in [3.63, 3.8) is 0 Å². The molecule has 7 heteroatoms. The highest BCUT2D eigenvalue weighted by molar-refractivity contribution is 6.46. The van der Waals surface area contributed by atoms with Crippen molar-refractivity contribution in [2.75, 3.05) is 10.2 Å². The van der Waals surface area contributed by atoms with Crippen LogP contribution >= 0.6 is 0 Å². The third-order valence-corrected chi connectivity index (χ3v) is 5.35. The van der Waals surface area contributed by atoms with Crippen molar-refractivity contribution in [2.24, 2.45) is 0 Å². The summed E-state index contributed by atoms with van der Waals surface area (Å²) in [6.45, 7) is 5.71. The van der Waals surface area contributed by atoms with Gasteiger partial charge in [-0.3, -0.25) is 9.59 Å². The molecule has 0 aromatic heterocycles. The molecule has 0 saturated carbocycles. The van der Waals surface area contributed by atoms with Gasteiger partial charge in [-0.1, -0.05) is 42.0 Å². The SMILES string of the molecule is Cc1ccc(C2=C(Nc3cc(C)cc(C)c3)C(=O)N(c3cccc(C(F)(F)F)c3)C2=O)cc1. The van der Waals surface area contributed by atoms with Crippen molar-refractivity contribution >= 4 is 28.8 Å². The molecule has 0 atom stereocenters. The molecular formula is C26H21F3N2O2. The highest BCUT2D eigenvalue weighted by Crippen LogP contribution is 2.37. The van der Waals surface area contributed by atoms with Gasteiger partial charge in [-0.15, -0.1) is 0 Å². The van der Waals surface area contributed by atoms with E-state index in [1.165, 1.54) is 12.1 Å². The number of imide groups is 1. The zero-order valence-corrected chi connectivity index (χ0v) is 18.2. The minimum absolute atomic E-state index is 0.0197. The molecule has 33 heavy (non-hydrogen) atoms. The van der Waals surface area contributed by atoms with E-state index in [4.69, 9.17) is 0 Å². The van der Waals surface area contributed by atoms with Crippen molar-refractivity contribution in [3.8, 4) is 0 Å². The summed E-state index contributed by atoms with van der Waals surface area (Å²) in [6, 6.07) is 16.9. The Morgan fingerprint density at radius 1 is 0.758 bits per heavy atom. The summed E-state index contributed by atoms with van der Waals surface area (Å²) >= 11 is 0. The van der Waals surface area contributed by atoms with Crippen LogP contribution in [0.2, 0.25) is 0 Å². The normalized spacial score (nSPS) is 14.3. The Kier molecular flexibility index (Phi) is 5.57. The van der Waals surface area contributed by atoms with E-state index < -0.39 is 23.6 Å². The van der Waals surface area contributed by atoms with Crippen molar-refractivity contribution < 1.29 is 22.8 Å². The van der Waals surface area contributed by atoms with Gasteiger partial charge in [-0.2, -0.15) is 13.2 Å². The number of anilines is 2. The van der Waals surface area contributed by atoms with Gasteiger partial charge in [0.15, 0.2) is 0 Å². The number of carbonyl (C=O) groups is 2. The van der Waals surface area contributed by atoms with Crippen LogP contribution in [-0.2, 0) is 15.8 Å². The van der Waals surface area contributed by atoms with Gasteiger partial charge in [0.1, 0.15) is 5.70 Å². The number of benzene rings is 3. The van der Waals surface area contributed by atoms with Crippen molar-refractivity contribution in [2.45, 2.75) is 26.9 Å². The number of amides is 2. The molecule has 3 aromatic rings. The van der Waals surface area contributed by atoms with Gasteiger partial charge < -0.3 is 5.32 Å². The van der Waals surface area contributed by atoms with E-state index in [1.807, 2.05) is 51.1 Å². The lowest BCUT2D eigenvalue weighted by molar-refractivity contribution is -0.137. The van der Waals surface area contributed by atoms with Gasteiger partial charge in [-0.05, 0) is 67.8 Å². The molecule has 0 fully saturated rings. The van der Waals surface area contributed by atoms with Crippen LogP contribution in [0.3, 0.4) is 0 Å². The van der Waals surface area contributed by atoms with Crippen LogP contribution in [0.4, 0.5) is 24.5 Å². The Balaban J connectivity index is 1.83. The van der Waals surface area contributed by atoms with Crippen molar-refractivity contribution in [3.05, 3.63) is 100 Å². The summed E-state index contributed by atoms with van der Waals surface area (Å²) in [6.07, 6.45) is -4.60. The van der Waals surface area contributed by atoms with Crippen LogP contribution in [0.25, 0.3) is 5.57 Å². The Bertz CT molecular complexity index is 1270. The second-order valence-corrected chi connectivity index (χ2v) is 8.11. The number of hydrogen-bond acceptors (Lipinski definition) is 3. The maximum absolute atomic E-state index is 13.4. The molecule has 0 unspecified atom stereocenters. The van der Waals surface area contributed by atoms with Crippen LogP contribution in [0.1, 0.15) is 27.8 Å². The molecule has 2 amide bonds. The molecule has 1 N–H and O–H groups in total. The first kappa shape index (κ1) is 22.3. The number of aryl methyl sites for hydroxylation is 3. The van der Waals surface area contributed by atoms with Gasteiger partial charge in [0.2, 0.25) is 0 Å². The predicted octanol–water partition coefficient (Wildman–Crippen LogP) is 6.03. The second kappa shape index (κ2) is 8.24. The lowest BCUT2D eigenvalue weighted by Gasteiger charge is -2.17. The highest BCUT2D eigenvalue weighted by atomic mass is 19.4. The van der Waals surface area contributed by atoms with Crippen LogP contribution in [0.15, 0.2) is 72.4 Å². The van der Waals surface area contributed by atoms with E-state index in [0.29, 0.717) is 11.3 Å². The summed E-state index contributed by atoms with van der Waals surface area (Å²) in [5, 5.41) is 3.06. The Hall–Kier alpha value is -3.87. The fourth-order valence-electron chi connectivity index (χ4n) is 3.88. The van der Waals surface area contributed by atoms with E-state index in [9.17, 15) is 22.8 Å². The summed E-state index contributed by atoms with van der Waals surface area (Å²) < 4.78 is 39.8. The third kappa shape index (κ3) is 4.39. The molecule has 1 heterocycles. The lowest BCUT2D eigenvalue weighted by atomic mass is 10.0. The lowest BCUT2D eigenvalue weighted by Crippen LogP contribution is -2.32. The largest absolute Gasteiger partial charge is 0.416 e. The minimum atomic E-state index is -4.60. The average Bonchev–Trinajstić information content (AvgIpc) is 2.97. The number of nitrogens with zero attached hydrogens (tertiary/aromatic N) is 1. The number of carbonyl (C=O) groups excluding carboxylic acids is 2. The van der Waals surface area contributed by atoms with Crippen molar-refractivity contribution in [1.29, 1.82) is 0 Å². The van der Waals surface area contributed by atoms with E-state index in [0.717, 1.165) is 33.7 Å². The van der Waals surface area contributed by atoms with Gasteiger partial charge >= 0.3 is 6.18 Å². The average molecular weight is 450 g/mol. The van der Waals surface area contributed by atoms with E-state index in [2.05, 4.69) is 5.32 Å². The predicted molar refractivity (Wildman–Crippen MR) is 122 cm³/mol. The van der Waals surface area contributed by atoms with E-state index in [1.54, 1.807) is 12.1 Å². The molecular weight excluding hydrogens is 429 g/mol. The number of nitrogens with one attached hydrogen (secondary N) is 1. The molecule has 0 saturated heterocycles. The first-order valence-corrected chi connectivity index (χ1v) is 10.3. The summed E-state index contributed by atoms with van der Waals surface area (Å²) in [7, 11) is 0. The number of halogens is 3. The van der Waals surface area contributed by atoms with E-state index in [-0.39, 0.29) is 17.0 Å². The number of hydrogen-bond donors (Lipinski definition) is 1. The zero-order chi connectivity index (χ0) is 23.9. The molecule has 3 aromatic carbocycles. The van der Waals surface area contributed by atoms with Crippen LogP contribution in [0, 0.1) is 20.8 Å².